The zero-order valence-electron chi connectivity index (χ0n) is 18.8. The van der Waals surface area contributed by atoms with Crippen molar-refractivity contribution < 1.29 is 14.2 Å². The molecule has 4 aromatic rings. The first-order chi connectivity index (χ1) is 16.6. The van der Waals surface area contributed by atoms with Gasteiger partial charge in [0, 0.05) is 12.0 Å². The normalized spacial score (nSPS) is 12.2. The minimum atomic E-state index is 0.473. The molecule has 1 aliphatic rings. The number of hydrogen-bond acceptors (Lipinski definition) is 6. The quantitative estimate of drug-likeness (QED) is 0.423. The Kier molecular flexibility index (Phi) is 5.40. The number of benzene rings is 3. The van der Waals surface area contributed by atoms with Crippen molar-refractivity contribution in [2.75, 3.05) is 20.0 Å². The second-order valence-corrected chi connectivity index (χ2v) is 7.85. The fourth-order valence-electron chi connectivity index (χ4n) is 4.04. The topological polar surface area (TPSA) is 95.3 Å². The number of ether oxygens (including phenoxy) is 3. The Morgan fingerprint density at radius 1 is 0.941 bits per heavy atom. The van der Waals surface area contributed by atoms with Gasteiger partial charge in [-0.15, -0.1) is 0 Å². The summed E-state index contributed by atoms with van der Waals surface area (Å²) >= 11 is 0. The molecule has 3 aromatic carbocycles. The number of aromatic nitrogens is 2. The molecule has 7 nitrogen and oxygen atoms in total. The van der Waals surface area contributed by atoms with Crippen LogP contribution in [-0.4, -0.2) is 24.0 Å². The molecule has 0 saturated heterocycles. The van der Waals surface area contributed by atoms with E-state index in [0.717, 1.165) is 39.3 Å². The second-order valence-electron chi connectivity index (χ2n) is 7.85. The lowest BCUT2D eigenvalue weighted by molar-refractivity contribution is 0.414. The first kappa shape index (κ1) is 21.2. The number of anilines is 1. The Hall–Kier alpha value is -4.70. The third kappa shape index (κ3) is 3.71. The fourth-order valence-corrected chi connectivity index (χ4v) is 4.04. The number of nitrogens with zero attached hydrogens (tertiary/aromatic N) is 3. The number of allylic oxidation sites excluding steroid dienone is 1. The van der Waals surface area contributed by atoms with Crippen molar-refractivity contribution in [1.29, 1.82) is 5.26 Å². The lowest BCUT2D eigenvalue weighted by Crippen LogP contribution is -2.08. The first-order valence-electron chi connectivity index (χ1n) is 10.7. The number of fused-ring (bicyclic) bond motifs is 1. The van der Waals surface area contributed by atoms with E-state index in [-0.39, 0.29) is 0 Å². The second kappa shape index (κ2) is 8.68. The average Bonchev–Trinajstić information content (AvgIpc) is 3.31. The monoisotopic (exact) mass is 450 g/mol. The molecule has 0 saturated carbocycles. The van der Waals surface area contributed by atoms with Gasteiger partial charge >= 0.3 is 0 Å². The van der Waals surface area contributed by atoms with Crippen molar-refractivity contribution in [3.63, 3.8) is 0 Å². The van der Waals surface area contributed by atoms with Crippen LogP contribution in [0.5, 0.6) is 17.4 Å². The predicted molar refractivity (Wildman–Crippen MR) is 130 cm³/mol. The third-order valence-electron chi connectivity index (χ3n) is 5.83. The summed E-state index contributed by atoms with van der Waals surface area (Å²) in [5.74, 6) is 2.12. The van der Waals surface area contributed by atoms with Gasteiger partial charge in [-0.1, -0.05) is 24.3 Å². The van der Waals surface area contributed by atoms with E-state index in [9.17, 15) is 5.26 Å². The molecule has 2 heterocycles. The van der Waals surface area contributed by atoms with Crippen molar-refractivity contribution in [2.24, 2.45) is 0 Å². The molecule has 2 N–H and O–H groups in total. The Morgan fingerprint density at radius 2 is 1.53 bits per heavy atom. The van der Waals surface area contributed by atoms with E-state index < -0.39 is 0 Å². The van der Waals surface area contributed by atoms with Crippen LogP contribution in [0.25, 0.3) is 27.9 Å². The maximum Gasteiger partial charge on any atom is 0.225 e. The highest BCUT2D eigenvalue weighted by Gasteiger charge is 2.22. The average molecular weight is 450 g/mol. The van der Waals surface area contributed by atoms with Gasteiger partial charge in [0.2, 0.25) is 5.88 Å². The highest BCUT2D eigenvalue weighted by atomic mass is 16.5. The van der Waals surface area contributed by atoms with E-state index in [2.05, 4.69) is 11.2 Å². The van der Waals surface area contributed by atoms with Gasteiger partial charge < -0.3 is 19.9 Å². The van der Waals surface area contributed by atoms with Crippen LogP contribution in [0.2, 0.25) is 0 Å². The maximum absolute atomic E-state index is 9.19. The van der Waals surface area contributed by atoms with E-state index in [1.54, 1.807) is 25.1 Å². The van der Waals surface area contributed by atoms with Crippen LogP contribution in [0.15, 0.2) is 78.7 Å². The minimum absolute atomic E-state index is 0.473. The molecule has 0 fully saturated rings. The van der Waals surface area contributed by atoms with Crippen LogP contribution in [0.4, 0.5) is 5.69 Å². The van der Waals surface area contributed by atoms with Gasteiger partial charge in [-0.25, -0.2) is 0 Å². The summed E-state index contributed by atoms with van der Waals surface area (Å²) in [4.78, 5) is 0. The molecule has 1 aliphatic heterocycles. The van der Waals surface area contributed by atoms with Gasteiger partial charge in [0.1, 0.15) is 17.8 Å². The molecule has 7 heteroatoms. The number of nitrogen functional groups attached to an aromatic ring is 1. The Morgan fingerprint density at radius 3 is 2.09 bits per heavy atom. The van der Waals surface area contributed by atoms with Gasteiger partial charge in [0.15, 0.2) is 0 Å². The summed E-state index contributed by atoms with van der Waals surface area (Å²) < 4.78 is 18.1. The SMILES string of the molecule is COc1ccc(-c2cc(N)c(-n3ncc4c3OC=C(C#N)C4)cc2-c2ccc(OC)cc2)cc1. The molecule has 1 aromatic heterocycles. The van der Waals surface area contributed by atoms with Crippen molar-refractivity contribution >= 4 is 5.69 Å². The molecule has 0 spiro atoms. The number of nitrogens with two attached hydrogens (primary N) is 1. The summed E-state index contributed by atoms with van der Waals surface area (Å²) in [6.07, 6.45) is 3.65. The summed E-state index contributed by atoms with van der Waals surface area (Å²) in [7, 11) is 3.29. The zero-order chi connectivity index (χ0) is 23.7. The van der Waals surface area contributed by atoms with Crippen LogP contribution in [-0.2, 0) is 6.42 Å². The number of methoxy groups -OCH3 is 2. The Labute approximate surface area is 197 Å². The van der Waals surface area contributed by atoms with Crippen molar-refractivity contribution in [3.05, 3.63) is 84.3 Å². The molecule has 168 valence electrons. The summed E-state index contributed by atoms with van der Waals surface area (Å²) in [5.41, 5.74) is 13.1. The number of rotatable bonds is 5. The molecule has 34 heavy (non-hydrogen) atoms. The molecular weight excluding hydrogens is 428 g/mol. The molecular formula is C27H22N4O3. The van der Waals surface area contributed by atoms with E-state index in [1.165, 1.54) is 6.26 Å². The van der Waals surface area contributed by atoms with Crippen LogP contribution in [0, 0.1) is 11.3 Å². The molecule has 0 unspecified atom stereocenters. The molecule has 0 atom stereocenters. The van der Waals surface area contributed by atoms with E-state index in [0.29, 0.717) is 29.2 Å². The lowest BCUT2D eigenvalue weighted by Gasteiger charge is -2.18. The molecule has 0 aliphatic carbocycles. The third-order valence-corrected chi connectivity index (χ3v) is 5.83. The zero-order valence-corrected chi connectivity index (χ0v) is 18.8. The highest BCUT2D eigenvalue weighted by Crippen LogP contribution is 2.39. The summed E-state index contributed by atoms with van der Waals surface area (Å²) in [5, 5.41) is 13.7. The number of hydrogen-bond donors (Lipinski definition) is 1. The van der Waals surface area contributed by atoms with Crippen molar-refractivity contribution in [1.82, 2.24) is 9.78 Å². The van der Waals surface area contributed by atoms with E-state index in [1.807, 2.05) is 60.7 Å². The Bertz CT molecular complexity index is 1430. The van der Waals surface area contributed by atoms with Crippen LogP contribution < -0.4 is 19.9 Å². The molecule has 0 bridgehead atoms. The van der Waals surface area contributed by atoms with Crippen LogP contribution in [0.3, 0.4) is 0 Å². The summed E-state index contributed by atoms with van der Waals surface area (Å²) in [6.45, 7) is 0. The lowest BCUT2D eigenvalue weighted by atomic mass is 9.93. The smallest absolute Gasteiger partial charge is 0.225 e. The van der Waals surface area contributed by atoms with E-state index >= 15 is 0 Å². The fraction of sp³-hybridized carbons (Fsp3) is 0.111. The van der Waals surface area contributed by atoms with Crippen molar-refractivity contribution in [2.45, 2.75) is 6.42 Å². The maximum atomic E-state index is 9.19. The Balaban J connectivity index is 1.67. The van der Waals surface area contributed by atoms with Crippen molar-refractivity contribution in [3.8, 4) is 51.4 Å². The van der Waals surface area contributed by atoms with Gasteiger partial charge in [0.25, 0.3) is 0 Å². The molecule has 0 radical (unpaired) electrons. The van der Waals surface area contributed by atoms with Gasteiger partial charge in [-0.05, 0) is 58.7 Å². The molecule has 5 rings (SSSR count). The molecule has 0 amide bonds. The standard InChI is InChI=1S/C27H22N4O3/c1-32-21-7-3-18(4-8-21)23-12-25(29)26(13-24(23)19-5-9-22(33-2)10-6-19)31-27-20(15-30-31)11-17(14-28)16-34-27/h3-10,12-13,15-16H,11,29H2,1-2H3. The first-order valence-corrected chi connectivity index (χ1v) is 10.7. The van der Waals surface area contributed by atoms with E-state index in [4.69, 9.17) is 19.9 Å². The van der Waals surface area contributed by atoms with Gasteiger partial charge in [-0.3, -0.25) is 0 Å². The van der Waals surface area contributed by atoms with Crippen LogP contribution >= 0.6 is 0 Å². The van der Waals surface area contributed by atoms with Gasteiger partial charge in [0.05, 0.1) is 43.4 Å². The minimum Gasteiger partial charge on any atom is -0.497 e. The van der Waals surface area contributed by atoms with Crippen LogP contribution in [0.1, 0.15) is 5.56 Å². The largest absolute Gasteiger partial charge is 0.497 e. The number of nitriles is 1. The highest BCUT2D eigenvalue weighted by molar-refractivity contribution is 5.89. The van der Waals surface area contributed by atoms with Gasteiger partial charge in [-0.2, -0.15) is 15.0 Å². The predicted octanol–water partition coefficient (Wildman–Crippen LogP) is 5.15. The summed E-state index contributed by atoms with van der Waals surface area (Å²) in [6, 6.07) is 21.8.